The summed E-state index contributed by atoms with van der Waals surface area (Å²) in [7, 11) is 0. The molecule has 2 N–H and O–H groups in total. The molecule has 0 bridgehead atoms. The number of amides is 1. The third-order valence-corrected chi connectivity index (χ3v) is 3.23. The molecule has 0 fully saturated rings. The molecule has 4 nitrogen and oxygen atoms in total. The van der Waals surface area contributed by atoms with Crippen LogP contribution >= 0.6 is 23.8 Å². The summed E-state index contributed by atoms with van der Waals surface area (Å²) in [5.74, 6) is -0.0513. The van der Waals surface area contributed by atoms with Gasteiger partial charge in [-0.15, -0.1) is 0 Å². The third-order valence-electron chi connectivity index (χ3n) is 2.61. The van der Waals surface area contributed by atoms with Crippen LogP contribution < -0.4 is 10.6 Å². The molecule has 0 unspecified atom stereocenters. The Morgan fingerprint density at radius 1 is 1.29 bits per heavy atom. The SMILES string of the molecule is CCN(CC(=O)NC(C)(C)C)C(=S)Nc1ccc(Cl)cc1. The van der Waals surface area contributed by atoms with Crippen LogP contribution in [0.25, 0.3) is 0 Å². The van der Waals surface area contributed by atoms with Crippen LogP contribution in [0.5, 0.6) is 0 Å². The van der Waals surface area contributed by atoms with Crippen LogP contribution in [-0.2, 0) is 4.79 Å². The number of carbonyl (C=O) groups is 1. The summed E-state index contributed by atoms with van der Waals surface area (Å²) in [5, 5.41) is 7.22. The van der Waals surface area contributed by atoms with E-state index in [2.05, 4.69) is 10.6 Å². The molecule has 0 aromatic heterocycles. The number of nitrogens with one attached hydrogen (secondary N) is 2. The molecule has 0 saturated carbocycles. The number of rotatable bonds is 4. The van der Waals surface area contributed by atoms with E-state index in [1.807, 2.05) is 44.7 Å². The summed E-state index contributed by atoms with van der Waals surface area (Å²) < 4.78 is 0. The molecule has 116 valence electrons. The van der Waals surface area contributed by atoms with Gasteiger partial charge in [0.2, 0.25) is 5.91 Å². The summed E-state index contributed by atoms with van der Waals surface area (Å²) in [5.41, 5.74) is 0.598. The van der Waals surface area contributed by atoms with Gasteiger partial charge < -0.3 is 15.5 Å². The Labute approximate surface area is 136 Å². The molecule has 0 saturated heterocycles. The van der Waals surface area contributed by atoms with Gasteiger partial charge >= 0.3 is 0 Å². The number of benzene rings is 1. The first-order valence-corrected chi connectivity index (χ1v) is 7.62. The first-order valence-electron chi connectivity index (χ1n) is 6.84. The highest BCUT2D eigenvalue weighted by molar-refractivity contribution is 7.80. The highest BCUT2D eigenvalue weighted by atomic mass is 35.5. The smallest absolute Gasteiger partial charge is 0.240 e. The Balaban J connectivity index is 2.61. The van der Waals surface area contributed by atoms with Gasteiger partial charge in [0, 0.05) is 22.8 Å². The predicted molar refractivity (Wildman–Crippen MR) is 92.8 cm³/mol. The molecule has 0 aliphatic heterocycles. The molecule has 0 spiro atoms. The van der Waals surface area contributed by atoms with Crippen molar-refractivity contribution >= 4 is 40.5 Å². The zero-order valence-corrected chi connectivity index (χ0v) is 14.4. The van der Waals surface area contributed by atoms with Crippen LogP contribution in [0, 0.1) is 0 Å². The van der Waals surface area contributed by atoms with Crippen LogP contribution in [0.4, 0.5) is 5.69 Å². The Hall–Kier alpha value is -1.33. The van der Waals surface area contributed by atoms with Gasteiger partial charge in [0.25, 0.3) is 0 Å². The summed E-state index contributed by atoms with van der Waals surface area (Å²) in [4.78, 5) is 13.8. The highest BCUT2D eigenvalue weighted by Gasteiger charge is 2.17. The van der Waals surface area contributed by atoms with Crippen molar-refractivity contribution in [2.75, 3.05) is 18.4 Å². The fraction of sp³-hybridized carbons (Fsp3) is 0.467. The molecule has 0 heterocycles. The Morgan fingerprint density at radius 3 is 2.33 bits per heavy atom. The van der Waals surface area contributed by atoms with E-state index >= 15 is 0 Å². The monoisotopic (exact) mass is 327 g/mol. The number of hydrogen-bond acceptors (Lipinski definition) is 2. The van der Waals surface area contributed by atoms with Gasteiger partial charge in [-0.2, -0.15) is 0 Å². The number of thiocarbonyl (C=S) groups is 1. The lowest BCUT2D eigenvalue weighted by molar-refractivity contribution is -0.122. The Kier molecular flexibility index (Phi) is 6.42. The van der Waals surface area contributed by atoms with Crippen LogP contribution in [0.15, 0.2) is 24.3 Å². The molecular formula is C15H22ClN3OS. The van der Waals surface area contributed by atoms with Crippen molar-refractivity contribution in [2.24, 2.45) is 0 Å². The predicted octanol–water partition coefficient (Wildman–Crippen LogP) is 3.27. The zero-order valence-electron chi connectivity index (χ0n) is 12.9. The number of likely N-dealkylation sites (N-methyl/N-ethyl adjacent to an activating group) is 1. The maximum absolute atomic E-state index is 12.0. The minimum Gasteiger partial charge on any atom is -0.350 e. The first-order chi connectivity index (χ1) is 9.71. The third kappa shape index (κ3) is 6.78. The summed E-state index contributed by atoms with van der Waals surface area (Å²) >= 11 is 11.2. The van der Waals surface area contributed by atoms with Gasteiger partial charge in [-0.05, 0) is 64.2 Å². The summed E-state index contributed by atoms with van der Waals surface area (Å²) in [6.45, 7) is 8.69. The Bertz CT molecular complexity index is 497. The molecule has 21 heavy (non-hydrogen) atoms. The summed E-state index contributed by atoms with van der Waals surface area (Å²) in [6, 6.07) is 7.26. The largest absolute Gasteiger partial charge is 0.350 e. The van der Waals surface area contributed by atoms with E-state index in [1.165, 1.54) is 0 Å². The van der Waals surface area contributed by atoms with Gasteiger partial charge in [-0.25, -0.2) is 0 Å². The van der Waals surface area contributed by atoms with E-state index < -0.39 is 0 Å². The standard InChI is InChI=1S/C15H22ClN3OS/c1-5-19(10-13(20)18-15(2,3)4)14(21)17-12-8-6-11(16)7-9-12/h6-9H,5,10H2,1-4H3,(H,17,21)(H,18,20). The lowest BCUT2D eigenvalue weighted by atomic mass is 10.1. The molecule has 0 atom stereocenters. The molecule has 0 aliphatic rings. The highest BCUT2D eigenvalue weighted by Crippen LogP contribution is 2.14. The normalized spacial score (nSPS) is 10.9. The van der Waals surface area contributed by atoms with E-state index in [4.69, 9.17) is 23.8 Å². The average molecular weight is 328 g/mol. The fourth-order valence-corrected chi connectivity index (χ4v) is 2.13. The van der Waals surface area contributed by atoms with E-state index in [-0.39, 0.29) is 18.0 Å². The van der Waals surface area contributed by atoms with E-state index in [0.717, 1.165) is 5.69 Å². The molecule has 0 aliphatic carbocycles. The Morgan fingerprint density at radius 2 is 1.86 bits per heavy atom. The summed E-state index contributed by atoms with van der Waals surface area (Å²) in [6.07, 6.45) is 0. The number of carbonyl (C=O) groups excluding carboxylic acids is 1. The second kappa shape index (κ2) is 7.61. The fourth-order valence-electron chi connectivity index (χ4n) is 1.69. The maximum atomic E-state index is 12.0. The molecule has 1 aromatic carbocycles. The molecule has 1 aromatic rings. The molecule has 1 rings (SSSR count). The van der Waals surface area contributed by atoms with Gasteiger partial charge in [0.1, 0.15) is 0 Å². The van der Waals surface area contributed by atoms with Gasteiger partial charge in [-0.1, -0.05) is 11.6 Å². The number of halogens is 1. The number of nitrogens with zero attached hydrogens (tertiary/aromatic N) is 1. The average Bonchev–Trinajstić information content (AvgIpc) is 2.36. The van der Waals surface area contributed by atoms with Crippen molar-refractivity contribution in [1.82, 2.24) is 10.2 Å². The van der Waals surface area contributed by atoms with E-state index in [9.17, 15) is 4.79 Å². The molecular weight excluding hydrogens is 306 g/mol. The minimum atomic E-state index is -0.248. The quantitative estimate of drug-likeness (QED) is 0.833. The van der Waals surface area contributed by atoms with Crippen molar-refractivity contribution in [3.05, 3.63) is 29.3 Å². The van der Waals surface area contributed by atoms with Gasteiger partial charge in [0.05, 0.1) is 6.54 Å². The van der Waals surface area contributed by atoms with Gasteiger partial charge in [0.15, 0.2) is 5.11 Å². The van der Waals surface area contributed by atoms with Crippen molar-refractivity contribution in [3.63, 3.8) is 0 Å². The molecule has 6 heteroatoms. The van der Waals surface area contributed by atoms with Crippen molar-refractivity contribution < 1.29 is 4.79 Å². The minimum absolute atomic E-state index is 0.0513. The van der Waals surface area contributed by atoms with Crippen LogP contribution in [0.2, 0.25) is 5.02 Å². The van der Waals surface area contributed by atoms with Crippen LogP contribution in [0.3, 0.4) is 0 Å². The topological polar surface area (TPSA) is 44.4 Å². The lowest BCUT2D eigenvalue weighted by Gasteiger charge is -2.27. The van der Waals surface area contributed by atoms with E-state index in [0.29, 0.717) is 16.7 Å². The van der Waals surface area contributed by atoms with E-state index in [1.54, 1.807) is 12.1 Å². The lowest BCUT2D eigenvalue weighted by Crippen LogP contribution is -2.48. The van der Waals surface area contributed by atoms with Gasteiger partial charge in [-0.3, -0.25) is 4.79 Å². The van der Waals surface area contributed by atoms with Crippen molar-refractivity contribution in [1.29, 1.82) is 0 Å². The van der Waals surface area contributed by atoms with Crippen molar-refractivity contribution in [2.45, 2.75) is 33.2 Å². The molecule has 1 amide bonds. The first kappa shape index (κ1) is 17.7. The second-order valence-electron chi connectivity index (χ2n) is 5.75. The van der Waals surface area contributed by atoms with Crippen LogP contribution in [0.1, 0.15) is 27.7 Å². The van der Waals surface area contributed by atoms with Crippen molar-refractivity contribution in [3.8, 4) is 0 Å². The molecule has 0 radical (unpaired) electrons. The van der Waals surface area contributed by atoms with Crippen LogP contribution in [-0.4, -0.2) is 34.5 Å². The second-order valence-corrected chi connectivity index (χ2v) is 6.57. The number of hydrogen-bond donors (Lipinski definition) is 2. The zero-order chi connectivity index (χ0) is 16.0. The maximum Gasteiger partial charge on any atom is 0.240 e. The number of anilines is 1.